The minimum absolute atomic E-state index is 0.847. The Kier molecular flexibility index (Phi) is 6.15. The van der Waals surface area contributed by atoms with E-state index in [2.05, 4.69) is 0 Å². The lowest BCUT2D eigenvalue weighted by molar-refractivity contribution is 0.396. The van der Waals surface area contributed by atoms with Crippen molar-refractivity contribution in [2.24, 2.45) is 0 Å². The lowest BCUT2D eigenvalue weighted by atomic mass is 10.0. The fourth-order valence-corrected chi connectivity index (χ4v) is 2.62. The zero-order chi connectivity index (χ0) is 16.7. The maximum absolute atomic E-state index is 5.43. The molecule has 0 fully saturated rings. The quantitative estimate of drug-likeness (QED) is 0.740. The SMILES string of the molecule is COc1ccc(OC)c(CCCc2cc(OC)ccc2OC)c1. The second-order valence-corrected chi connectivity index (χ2v) is 5.21. The van der Waals surface area contributed by atoms with Crippen molar-refractivity contribution in [3.05, 3.63) is 47.5 Å². The Bertz CT molecular complexity index is 582. The van der Waals surface area contributed by atoms with Gasteiger partial charge in [0.2, 0.25) is 0 Å². The van der Waals surface area contributed by atoms with Gasteiger partial charge in [-0.2, -0.15) is 0 Å². The van der Waals surface area contributed by atoms with Crippen LogP contribution in [0.4, 0.5) is 0 Å². The van der Waals surface area contributed by atoms with Gasteiger partial charge in [0.25, 0.3) is 0 Å². The molecule has 4 nitrogen and oxygen atoms in total. The molecule has 23 heavy (non-hydrogen) atoms. The highest BCUT2D eigenvalue weighted by atomic mass is 16.5. The minimum Gasteiger partial charge on any atom is -0.497 e. The van der Waals surface area contributed by atoms with Crippen molar-refractivity contribution in [1.29, 1.82) is 0 Å². The van der Waals surface area contributed by atoms with Gasteiger partial charge in [-0.1, -0.05) is 0 Å². The van der Waals surface area contributed by atoms with Gasteiger partial charge in [-0.05, 0) is 66.8 Å². The molecule has 0 saturated heterocycles. The highest BCUT2D eigenvalue weighted by Crippen LogP contribution is 2.28. The van der Waals surface area contributed by atoms with E-state index in [0.717, 1.165) is 53.4 Å². The number of methoxy groups -OCH3 is 4. The van der Waals surface area contributed by atoms with Gasteiger partial charge in [0.15, 0.2) is 0 Å². The second-order valence-electron chi connectivity index (χ2n) is 5.21. The molecule has 0 N–H and O–H groups in total. The van der Waals surface area contributed by atoms with Gasteiger partial charge >= 0.3 is 0 Å². The monoisotopic (exact) mass is 316 g/mol. The van der Waals surface area contributed by atoms with Gasteiger partial charge in [-0.25, -0.2) is 0 Å². The predicted octanol–water partition coefficient (Wildman–Crippen LogP) is 3.90. The van der Waals surface area contributed by atoms with Crippen LogP contribution >= 0.6 is 0 Å². The Morgan fingerprint density at radius 3 is 1.39 bits per heavy atom. The Morgan fingerprint density at radius 1 is 0.609 bits per heavy atom. The van der Waals surface area contributed by atoms with E-state index >= 15 is 0 Å². The van der Waals surface area contributed by atoms with Crippen molar-refractivity contribution in [1.82, 2.24) is 0 Å². The summed E-state index contributed by atoms with van der Waals surface area (Å²) in [6, 6.07) is 11.8. The van der Waals surface area contributed by atoms with Gasteiger partial charge in [0.1, 0.15) is 23.0 Å². The van der Waals surface area contributed by atoms with Crippen LogP contribution in [0.15, 0.2) is 36.4 Å². The van der Waals surface area contributed by atoms with E-state index in [1.807, 2.05) is 36.4 Å². The maximum Gasteiger partial charge on any atom is 0.122 e. The molecule has 0 bridgehead atoms. The van der Waals surface area contributed by atoms with Crippen molar-refractivity contribution in [2.45, 2.75) is 19.3 Å². The molecule has 124 valence electrons. The molecule has 0 amide bonds. The average molecular weight is 316 g/mol. The minimum atomic E-state index is 0.847. The van der Waals surface area contributed by atoms with E-state index in [-0.39, 0.29) is 0 Å². The summed E-state index contributed by atoms with van der Waals surface area (Å²) in [5, 5.41) is 0. The Balaban J connectivity index is 2.07. The highest BCUT2D eigenvalue weighted by Gasteiger charge is 2.08. The molecule has 2 aromatic rings. The Morgan fingerprint density at radius 2 is 1.04 bits per heavy atom. The van der Waals surface area contributed by atoms with Crippen molar-refractivity contribution < 1.29 is 18.9 Å². The van der Waals surface area contributed by atoms with Crippen LogP contribution in [0, 0.1) is 0 Å². The maximum atomic E-state index is 5.43. The summed E-state index contributed by atoms with van der Waals surface area (Å²) in [6.07, 6.45) is 2.79. The molecule has 4 heteroatoms. The standard InChI is InChI=1S/C19H24O4/c1-20-16-8-10-18(22-3)14(12-16)6-5-7-15-13-17(21-2)9-11-19(15)23-4/h8-13H,5-7H2,1-4H3. The molecule has 0 aliphatic rings. The highest BCUT2D eigenvalue weighted by molar-refractivity contribution is 5.42. The smallest absolute Gasteiger partial charge is 0.122 e. The lowest BCUT2D eigenvalue weighted by Crippen LogP contribution is -1.98. The van der Waals surface area contributed by atoms with E-state index in [1.54, 1.807) is 28.4 Å². The van der Waals surface area contributed by atoms with Crippen LogP contribution in [0.2, 0.25) is 0 Å². The predicted molar refractivity (Wildman–Crippen MR) is 91.1 cm³/mol. The summed E-state index contributed by atoms with van der Waals surface area (Å²) in [5.74, 6) is 3.48. The van der Waals surface area contributed by atoms with Crippen LogP contribution in [0.3, 0.4) is 0 Å². The molecule has 0 aromatic heterocycles. The molecule has 2 aromatic carbocycles. The van der Waals surface area contributed by atoms with Crippen LogP contribution in [-0.2, 0) is 12.8 Å². The lowest BCUT2D eigenvalue weighted by Gasteiger charge is -2.12. The van der Waals surface area contributed by atoms with Crippen molar-refractivity contribution >= 4 is 0 Å². The average Bonchev–Trinajstić information content (AvgIpc) is 2.61. The summed E-state index contributed by atoms with van der Waals surface area (Å²) in [6.45, 7) is 0. The first-order chi connectivity index (χ1) is 11.2. The second kappa shape index (κ2) is 8.32. The van der Waals surface area contributed by atoms with E-state index < -0.39 is 0 Å². The molecule has 0 heterocycles. The molecule has 0 radical (unpaired) electrons. The first-order valence-corrected chi connectivity index (χ1v) is 7.63. The summed E-state index contributed by atoms with van der Waals surface area (Å²) in [5.41, 5.74) is 2.29. The van der Waals surface area contributed by atoms with Gasteiger partial charge in [0, 0.05) is 0 Å². The van der Waals surface area contributed by atoms with E-state index in [0.29, 0.717) is 0 Å². The van der Waals surface area contributed by atoms with E-state index in [4.69, 9.17) is 18.9 Å². The number of hydrogen-bond acceptors (Lipinski definition) is 4. The topological polar surface area (TPSA) is 36.9 Å². The van der Waals surface area contributed by atoms with Crippen LogP contribution in [0.1, 0.15) is 17.5 Å². The summed E-state index contributed by atoms with van der Waals surface area (Å²) >= 11 is 0. The van der Waals surface area contributed by atoms with Gasteiger partial charge < -0.3 is 18.9 Å². The molecule has 2 rings (SSSR count). The first kappa shape index (κ1) is 17.0. The molecule has 0 saturated carbocycles. The van der Waals surface area contributed by atoms with Crippen molar-refractivity contribution in [3.8, 4) is 23.0 Å². The van der Waals surface area contributed by atoms with Gasteiger partial charge in [0.05, 0.1) is 28.4 Å². The Hall–Kier alpha value is -2.36. The zero-order valence-electron chi connectivity index (χ0n) is 14.2. The molecular weight excluding hydrogens is 292 g/mol. The molecule has 0 aliphatic carbocycles. The normalized spacial score (nSPS) is 10.3. The zero-order valence-corrected chi connectivity index (χ0v) is 14.2. The van der Waals surface area contributed by atoms with Crippen LogP contribution in [-0.4, -0.2) is 28.4 Å². The van der Waals surface area contributed by atoms with E-state index in [9.17, 15) is 0 Å². The number of hydrogen-bond donors (Lipinski definition) is 0. The van der Waals surface area contributed by atoms with Gasteiger partial charge in [-0.3, -0.25) is 0 Å². The number of benzene rings is 2. The largest absolute Gasteiger partial charge is 0.497 e. The summed E-state index contributed by atoms with van der Waals surface area (Å²) < 4.78 is 21.4. The molecule has 0 spiro atoms. The number of rotatable bonds is 8. The van der Waals surface area contributed by atoms with Gasteiger partial charge in [-0.15, -0.1) is 0 Å². The summed E-state index contributed by atoms with van der Waals surface area (Å²) in [4.78, 5) is 0. The fraction of sp³-hybridized carbons (Fsp3) is 0.368. The molecule has 0 atom stereocenters. The molecule has 0 aliphatic heterocycles. The van der Waals surface area contributed by atoms with Crippen LogP contribution in [0.25, 0.3) is 0 Å². The van der Waals surface area contributed by atoms with Crippen LogP contribution in [0.5, 0.6) is 23.0 Å². The van der Waals surface area contributed by atoms with Crippen LogP contribution < -0.4 is 18.9 Å². The van der Waals surface area contributed by atoms with Crippen molar-refractivity contribution in [2.75, 3.05) is 28.4 Å². The third-order valence-corrected chi connectivity index (χ3v) is 3.87. The van der Waals surface area contributed by atoms with Crippen molar-refractivity contribution in [3.63, 3.8) is 0 Å². The molecular formula is C19H24O4. The third-order valence-electron chi connectivity index (χ3n) is 3.87. The number of aryl methyl sites for hydroxylation is 2. The van der Waals surface area contributed by atoms with E-state index in [1.165, 1.54) is 0 Å². The number of ether oxygens (including phenoxy) is 4. The molecule has 0 unspecified atom stereocenters. The third kappa shape index (κ3) is 4.31. The first-order valence-electron chi connectivity index (χ1n) is 7.63. The summed E-state index contributed by atoms with van der Waals surface area (Å²) in [7, 11) is 6.73. The fourth-order valence-electron chi connectivity index (χ4n) is 2.62. The Labute approximate surface area is 137 Å².